The average molecular weight is 838 g/mol. The van der Waals surface area contributed by atoms with Crippen LogP contribution in [0.25, 0.3) is 88.3 Å². The summed E-state index contributed by atoms with van der Waals surface area (Å²) in [7, 11) is 0. The summed E-state index contributed by atoms with van der Waals surface area (Å²) >= 11 is 0. The number of aromatic nitrogens is 3. The van der Waals surface area contributed by atoms with Gasteiger partial charge in [0.2, 0.25) is 17.4 Å². The van der Waals surface area contributed by atoms with Crippen molar-refractivity contribution in [3.63, 3.8) is 0 Å². The van der Waals surface area contributed by atoms with Crippen molar-refractivity contribution in [1.29, 1.82) is 0 Å². The molecule has 0 spiro atoms. The van der Waals surface area contributed by atoms with Gasteiger partial charge in [0.1, 0.15) is 28.1 Å². The van der Waals surface area contributed by atoms with E-state index in [1.807, 2.05) is 90.0 Å². The van der Waals surface area contributed by atoms with Crippen LogP contribution in [0, 0.1) is 0 Å². The van der Waals surface area contributed by atoms with Gasteiger partial charge < -0.3 is 13.3 Å². The number of rotatable bonds is 8. The van der Waals surface area contributed by atoms with Crippen LogP contribution < -0.4 is 9.80 Å². The van der Waals surface area contributed by atoms with Crippen molar-refractivity contribution in [2.24, 2.45) is 0 Å². The molecule has 8 nitrogen and oxygen atoms in total. The number of hydrogen-bond acceptors (Lipinski definition) is 8. The van der Waals surface area contributed by atoms with Crippen molar-refractivity contribution in [3.05, 3.63) is 212 Å². The lowest BCUT2D eigenvalue weighted by atomic mass is 10.0. The normalized spacial score (nSPS) is 11.7. The van der Waals surface area contributed by atoms with Crippen LogP contribution in [-0.4, -0.2) is 15.0 Å². The van der Waals surface area contributed by atoms with Crippen molar-refractivity contribution in [2.45, 2.75) is 0 Å². The van der Waals surface area contributed by atoms with Crippen LogP contribution in [0.15, 0.2) is 226 Å². The molecule has 5 aromatic heterocycles. The van der Waals surface area contributed by atoms with Gasteiger partial charge in [-0.2, -0.15) is 9.97 Å². The van der Waals surface area contributed by atoms with E-state index in [2.05, 4.69) is 132 Å². The van der Waals surface area contributed by atoms with Gasteiger partial charge in [0.05, 0.1) is 22.1 Å². The molecule has 8 aromatic carbocycles. The van der Waals surface area contributed by atoms with Gasteiger partial charge in [0.15, 0.2) is 0 Å². The first kappa shape index (κ1) is 36.6. The predicted molar refractivity (Wildman–Crippen MR) is 262 cm³/mol. The van der Waals surface area contributed by atoms with Crippen molar-refractivity contribution in [3.8, 4) is 22.3 Å². The number of furan rings is 3. The van der Waals surface area contributed by atoms with Crippen molar-refractivity contribution in [1.82, 2.24) is 15.0 Å². The molecule has 0 saturated carbocycles. The van der Waals surface area contributed by atoms with Crippen LogP contribution >= 0.6 is 0 Å². The zero-order chi connectivity index (χ0) is 42.8. The van der Waals surface area contributed by atoms with Crippen LogP contribution in [0.5, 0.6) is 0 Å². The fraction of sp³-hybridized carbons (Fsp3) is 0. The third-order valence-corrected chi connectivity index (χ3v) is 12.2. The molecule has 5 heterocycles. The Morgan fingerprint density at radius 3 is 1.34 bits per heavy atom. The summed E-state index contributed by atoms with van der Waals surface area (Å²) in [5.41, 5.74) is 12.2. The molecule has 0 radical (unpaired) electrons. The minimum absolute atomic E-state index is 0.424. The van der Waals surface area contributed by atoms with Gasteiger partial charge in [-0.25, -0.2) is 4.98 Å². The molecule has 0 aliphatic heterocycles. The number of anilines is 6. The van der Waals surface area contributed by atoms with Gasteiger partial charge in [-0.1, -0.05) is 121 Å². The van der Waals surface area contributed by atoms with E-state index < -0.39 is 0 Å². The van der Waals surface area contributed by atoms with E-state index in [0.29, 0.717) is 23.2 Å². The van der Waals surface area contributed by atoms with E-state index in [1.54, 1.807) is 0 Å². The number of benzene rings is 8. The number of nitrogens with zero attached hydrogens (tertiary/aromatic N) is 5. The average Bonchev–Trinajstić information content (AvgIpc) is 4.05. The summed E-state index contributed by atoms with van der Waals surface area (Å²) in [6.07, 6.45) is 1.82. The van der Waals surface area contributed by atoms with E-state index in [4.69, 9.17) is 28.2 Å². The van der Waals surface area contributed by atoms with Crippen molar-refractivity contribution < 1.29 is 13.3 Å². The highest BCUT2D eigenvalue weighted by molar-refractivity contribution is 6.08. The Morgan fingerprint density at radius 1 is 0.308 bits per heavy atom. The second-order valence-corrected chi connectivity index (χ2v) is 16.1. The lowest BCUT2D eigenvalue weighted by molar-refractivity contribution is 0.639. The Hall–Kier alpha value is -9.01. The van der Waals surface area contributed by atoms with E-state index in [0.717, 1.165) is 99.7 Å². The van der Waals surface area contributed by atoms with Gasteiger partial charge in [-0.3, -0.25) is 9.80 Å². The lowest BCUT2D eigenvalue weighted by Crippen LogP contribution is -2.13. The maximum absolute atomic E-state index is 6.60. The smallest absolute Gasteiger partial charge is 0.237 e. The summed E-state index contributed by atoms with van der Waals surface area (Å²) in [6.45, 7) is 0. The molecule has 0 N–H and O–H groups in total. The molecular formula is C57H35N5O3. The molecule has 0 saturated heterocycles. The molecule has 0 amide bonds. The molecule has 13 aromatic rings. The van der Waals surface area contributed by atoms with Gasteiger partial charge >= 0.3 is 0 Å². The monoisotopic (exact) mass is 837 g/mol. The standard InChI is InChI=1S/C57H35N5O3/c1-3-11-36(12-4-1)38-19-23-40(24-20-38)61(42-27-29-46-44-15-7-9-17-50(44)63-52(46)33-42)54-32-31-48-49-35-58-57(60-56(49)65-55(48)59-54)62(41-25-21-39(22-26-41)37-13-5-2-6-14-37)43-28-30-47-45-16-8-10-18-51(45)64-53(47)34-43/h1-35H. The zero-order valence-corrected chi connectivity index (χ0v) is 34.7. The molecule has 0 fully saturated rings. The lowest BCUT2D eigenvalue weighted by Gasteiger charge is -2.24. The van der Waals surface area contributed by atoms with Crippen LogP contribution in [0.1, 0.15) is 0 Å². The largest absolute Gasteiger partial charge is 0.456 e. The third kappa shape index (κ3) is 6.27. The van der Waals surface area contributed by atoms with Crippen molar-refractivity contribution >= 4 is 101 Å². The van der Waals surface area contributed by atoms with Gasteiger partial charge in [0.25, 0.3) is 0 Å². The molecule has 0 aliphatic carbocycles. The first-order valence-corrected chi connectivity index (χ1v) is 21.5. The minimum atomic E-state index is 0.424. The van der Waals surface area contributed by atoms with E-state index in [-0.39, 0.29) is 0 Å². The van der Waals surface area contributed by atoms with Crippen molar-refractivity contribution in [2.75, 3.05) is 9.80 Å². The minimum Gasteiger partial charge on any atom is -0.456 e. The Balaban J connectivity index is 0.929. The van der Waals surface area contributed by atoms with Crippen LogP contribution in [-0.2, 0) is 0 Å². The predicted octanol–water partition coefficient (Wildman–Crippen LogP) is 15.8. The summed E-state index contributed by atoms with van der Waals surface area (Å²) in [5.74, 6) is 1.12. The highest BCUT2D eigenvalue weighted by Crippen LogP contribution is 2.42. The van der Waals surface area contributed by atoms with Gasteiger partial charge in [-0.05, 0) is 95.1 Å². The Kier molecular flexibility index (Phi) is 8.35. The number of fused-ring (bicyclic) bond motifs is 9. The molecule has 65 heavy (non-hydrogen) atoms. The first-order valence-electron chi connectivity index (χ1n) is 21.5. The van der Waals surface area contributed by atoms with Crippen LogP contribution in [0.3, 0.4) is 0 Å². The van der Waals surface area contributed by atoms with E-state index >= 15 is 0 Å². The van der Waals surface area contributed by atoms with Crippen LogP contribution in [0.2, 0.25) is 0 Å². The fourth-order valence-electron chi connectivity index (χ4n) is 9.03. The number of para-hydroxylation sites is 2. The SMILES string of the molecule is c1ccc(-c2ccc(N(c3ccc4c(c3)oc3ccccc34)c3ccc4c(n3)oc3nc(N(c5ccc(-c6ccccc6)cc5)c5ccc6c(c5)oc5ccccc56)ncc34)cc2)cc1. The zero-order valence-electron chi connectivity index (χ0n) is 34.7. The molecule has 0 atom stereocenters. The van der Waals surface area contributed by atoms with Gasteiger partial charge in [0, 0.05) is 51.2 Å². The molecule has 0 aliphatic rings. The molecular weight excluding hydrogens is 803 g/mol. The molecule has 0 unspecified atom stereocenters. The Morgan fingerprint density at radius 2 is 0.754 bits per heavy atom. The quantitative estimate of drug-likeness (QED) is 0.150. The molecule has 8 heteroatoms. The summed E-state index contributed by atoms with van der Waals surface area (Å²) in [4.78, 5) is 19.4. The second-order valence-electron chi connectivity index (χ2n) is 16.1. The maximum atomic E-state index is 6.60. The Labute approximate surface area is 371 Å². The maximum Gasteiger partial charge on any atom is 0.237 e. The van der Waals surface area contributed by atoms with E-state index in [1.165, 1.54) is 0 Å². The summed E-state index contributed by atoms with van der Waals surface area (Å²) < 4.78 is 19.3. The van der Waals surface area contributed by atoms with Crippen LogP contribution in [0.4, 0.5) is 34.5 Å². The number of hydrogen-bond donors (Lipinski definition) is 0. The highest BCUT2D eigenvalue weighted by atomic mass is 16.4. The van der Waals surface area contributed by atoms with E-state index in [9.17, 15) is 0 Å². The highest BCUT2D eigenvalue weighted by Gasteiger charge is 2.23. The third-order valence-electron chi connectivity index (χ3n) is 12.2. The topological polar surface area (TPSA) is 84.6 Å². The van der Waals surface area contributed by atoms with Gasteiger partial charge in [-0.15, -0.1) is 0 Å². The summed E-state index contributed by atoms with van der Waals surface area (Å²) in [6, 6.07) is 70.5. The molecule has 0 bridgehead atoms. The number of pyridine rings is 1. The fourth-order valence-corrected chi connectivity index (χ4v) is 9.03. The second kappa shape index (κ2) is 14.8. The molecule has 306 valence electrons. The Bertz CT molecular complexity index is 3640. The first-order chi connectivity index (χ1) is 32.2. The molecule has 13 rings (SSSR count). The summed E-state index contributed by atoms with van der Waals surface area (Å²) in [5, 5.41) is 5.81.